The first kappa shape index (κ1) is 13.4. The summed E-state index contributed by atoms with van der Waals surface area (Å²) in [4.78, 5) is 4.01. The van der Waals surface area contributed by atoms with E-state index in [2.05, 4.69) is 36.8 Å². The number of halogens is 2. The van der Waals surface area contributed by atoms with E-state index in [1.807, 2.05) is 30.3 Å². The highest BCUT2D eigenvalue weighted by Gasteiger charge is 1.97. The Morgan fingerprint density at radius 2 is 1.50 bits per heavy atom. The molecule has 0 aliphatic rings. The predicted octanol–water partition coefficient (Wildman–Crippen LogP) is 4.06. The van der Waals surface area contributed by atoms with Crippen LogP contribution in [0.4, 0.5) is 0 Å². The molecular weight excluding hydrogens is 362 g/mol. The Morgan fingerprint density at radius 3 is 2.17 bits per heavy atom. The normalized spacial score (nSPS) is 10.1. The number of aromatic nitrogens is 1. The van der Waals surface area contributed by atoms with E-state index in [4.69, 9.17) is 9.47 Å². The lowest BCUT2D eigenvalue weighted by Gasteiger charge is -2.08. The van der Waals surface area contributed by atoms with Gasteiger partial charge in [0.15, 0.2) is 0 Å². The van der Waals surface area contributed by atoms with Gasteiger partial charge in [-0.05, 0) is 46.3 Å². The SMILES string of the molecule is Brc1ccc(OCCOc2cncc(Br)c2)cc1. The molecule has 0 saturated heterocycles. The largest absolute Gasteiger partial charge is 0.490 e. The van der Waals surface area contributed by atoms with Gasteiger partial charge in [-0.15, -0.1) is 0 Å². The number of ether oxygens (including phenoxy) is 2. The van der Waals surface area contributed by atoms with Gasteiger partial charge < -0.3 is 9.47 Å². The highest BCUT2D eigenvalue weighted by molar-refractivity contribution is 9.10. The number of pyridine rings is 1. The van der Waals surface area contributed by atoms with Crippen molar-refractivity contribution in [3.63, 3.8) is 0 Å². The Morgan fingerprint density at radius 1 is 0.833 bits per heavy atom. The van der Waals surface area contributed by atoms with E-state index in [0.29, 0.717) is 13.2 Å². The molecule has 94 valence electrons. The van der Waals surface area contributed by atoms with Gasteiger partial charge in [0.1, 0.15) is 24.7 Å². The molecule has 1 aromatic heterocycles. The number of hydrogen-bond donors (Lipinski definition) is 0. The standard InChI is InChI=1S/C13H11Br2NO2/c14-10-1-3-12(4-2-10)17-5-6-18-13-7-11(15)8-16-9-13/h1-4,7-9H,5-6H2. The molecule has 0 saturated carbocycles. The predicted molar refractivity (Wildman–Crippen MR) is 77.1 cm³/mol. The van der Waals surface area contributed by atoms with Gasteiger partial charge in [0, 0.05) is 15.1 Å². The lowest BCUT2D eigenvalue weighted by atomic mass is 10.3. The fourth-order valence-electron chi connectivity index (χ4n) is 1.32. The quantitative estimate of drug-likeness (QED) is 0.741. The van der Waals surface area contributed by atoms with Gasteiger partial charge in [-0.2, -0.15) is 0 Å². The number of rotatable bonds is 5. The van der Waals surface area contributed by atoms with Crippen LogP contribution in [0.2, 0.25) is 0 Å². The lowest BCUT2D eigenvalue weighted by Crippen LogP contribution is -2.09. The van der Waals surface area contributed by atoms with Crippen molar-refractivity contribution in [3.8, 4) is 11.5 Å². The molecule has 0 bridgehead atoms. The first-order valence-electron chi connectivity index (χ1n) is 5.36. The summed E-state index contributed by atoms with van der Waals surface area (Å²) < 4.78 is 13.0. The van der Waals surface area contributed by atoms with Crippen LogP contribution < -0.4 is 9.47 Å². The van der Waals surface area contributed by atoms with E-state index in [9.17, 15) is 0 Å². The minimum Gasteiger partial charge on any atom is -0.490 e. The summed E-state index contributed by atoms with van der Waals surface area (Å²) in [5.74, 6) is 1.55. The van der Waals surface area contributed by atoms with Gasteiger partial charge in [0.2, 0.25) is 0 Å². The molecule has 2 rings (SSSR count). The highest BCUT2D eigenvalue weighted by Crippen LogP contribution is 2.17. The van der Waals surface area contributed by atoms with E-state index in [-0.39, 0.29) is 0 Å². The smallest absolute Gasteiger partial charge is 0.138 e. The molecule has 3 nitrogen and oxygen atoms in total. The van der Waals surface area contributed by atoms with Crippen molar-refractivity contribution in [3.05, 3.63) is 51.7 Å². The monoisotopic (exact) mass is 371 g/mol. The average Bonchev–Trinajstić information content (AvgIpc) is 2.37. The maximum atomic E-state index is 5.53. The molecule has 0 atom stereocenters. The average molecular weight is 373 g/mol. The summed E-state index contributed by atoms with van der Waals surface area (Å²) in [6.07, 6.45) is 3.38. The van der Waals surface area contributed by atoms with Gasteiger partial charge in [-0.1, -0.05) is 15.9 Å². The maximum Gasteiger partial charge on any atom is 0.138 e. The molecule has 0 aliphatic carbocycles. The van der Waals surface area contributed by atoms with Crippen molar-refractivity contribution in [1.29, 1.82) is 0 Å². The van der Waals surface area contributed by atoms with Crippen molar-refractivity contribution in [1.82, 2.24) is 4.98 Å². The Hall–Kier alpha value is -1.07. The Labute approximate surface area is 122 Å². The molecule has 0 fully saturated rings. The molecule has 0 spiro atoms. The van der Waals surface area contributed by atoms with E-state index in [1.165, 1.54) is 0 Å². The number of benzene rings is 1. The second-order valence-corrected chi connectivity index (χ2v) is 5.32. The molecule has 1 heterocycles. The molecule has 0 aliphatic heterocycles. The van der Waals surface area contributed by atoms with Crippen molar-refractivity contribution < 1.29 is 9.47 Å². The molecule has 2 aromatic rings. The van der Waals surface area contributed by atoms with E-state index in [0.717, 1.165) is 20.4 Å². The van der Waals surface area contributed by atoms with Gasteiger partial charge in [-0.3, -0.25) is 4.98 Å². The highest BCUT2D eigenvalue weighted by atomic mass is 79.9. The van der Waals surface area contributed by atoms with Crippen molar-refractivity contribution >= 4 is 31.9 Å². The second-order valence-electron chi connectivity index (χ2n) is 3.49. The zero-order valence-corrected chi connectivity index (χ0v) is 12.6. The van der Waals surface area contributed by atoms with Crippen LogP contribution in [0.5, 0.6) is 11.5 Å². The fourth-order valence-corrected chi connectivity index (χ4v) is 1.93. The van der Waals surface area contributed by atoms with Crippen LogP contribution in [0.3, 0.4) is 0 Å². The van der Waals surface area contributed by atoms with Crippen LogP contribution in [0.1, 0.15) is 0 Å². The number of nitrogens with zero attached hydrogens (tertiary/aromatic N) is 1. The van der Waals surface area contributed by atoms with Gasteiger partial charge in [0.05, 0.1) is 6.20 Å². The van der Waals surface area contributed by atoms with E-state index >= 15 is 0 Å². The first-order valence-corrected chi connectivity index (χ1v) is 6.94. The van der Waals surface area contributed by atoms with Crippen molar-refractivity contribution in [2.75, 3.05) is 13.2 Å². The molecule has 0 radical (unpaired) electrons. The lowest BCUT2D eigenvalue weighted by molar-refractivity contribution is 0.216. The zero-order chi connectivity index (χ0) is 12.8. The topological polar surface area (TPSA) is 31.4 Å². The third kappa shape index (κ3) is 4.31. The van der Waals surface area contributed by atoms with Crippen LogP contribution in [0.15, 0.2) is 51.7 Å². The maximum absolute atomic E-state index is 5.53. The summed E-state index contributed by atoms with van der Waals surface area (Å²) in [5, 5.41) is 0. The van der Waals surface area contributed by atoms with Crippen LogP contribution in [0, 0.1) is 0 Å². The minimum atomic E-state index is 0.480. The number of hydrogen-bond acceptors (Lipinski definition) is 3. The molecule has 5 heteroatoms. The summed E-state index contributed by atoms with van der Waals surface area (Å²) in [6, 6.07) is 9.56. The molecule has 1 aromatic carbocycles. The van der Waals surface area contributed by atoms with Crippen LogP contribution in [-0.2, 0) is 0 Å². The first-order chi connectivity index (χ1) is 8.74. The molecule has 0 amide bonds. The third-order valence-electron chi connectivity index (χ3n) is 2.11. The second kappa shape index (κ2) is 6.75. The third-order valence-corrected chi connectivity index (χ3v) is 3.08. The minimum absolute atomic E-state index is 0.480. The summed E-state index contributed by atoms with van der Waals surface area (Å²) in [7, 11) is 0. The Balaban J connectivity index is 1.74. The van der Waals surface area contributed by atoms with Crippen molar-refractivity contribution in [2.45, 2.75) is 0 Å². The van der Waals surface area contributed by atoms with E-state index < -0.39 is 0 Å². The molecule has 0 unspecified atom stereocenters. The Kier molecular flexibility index (Phi) is 5.01. The molecule has 18 heavy (non-hydrogen) atoms. The summed E-state index contributed by atoms with van der Waals surface area (Å²) in [6.45, 7) is 0.975. The van der Waals surface area contributed by atoms with Gasteiger partial charge in [0.25, 0.3) is 0 Å². The fraction of sp³-hybridized carbons (Fsp3) is 0.154. The molecule has 0 N–H and O–H groups in total. The van der Waals surface area contributed by atoms with Crippen LogP contribution in [-0.4, -0.2) is 18.2 Å². The molecular formula is C13H11Br2NO2. The Bertz CT molecular complexity index is 503. The van der Waals surface area contributed by atoms with Crippen LogP contribution >= 0.6 is 31.9 Å². The zero-order valence-electron chi connectivity index (χ0n) is 9.48. The summed E-state index contributed by atoms with van der Waals surface area (Å²) in [5.41, 5.74) is 0. The van der Waals surface area contributed by atoms with E-state index in [1.54, 1.807) is 12.4 Å². The van der Waals surface area contributed by atoms with Gasteiger partial charge >= 0.3 is 0 Å². The van der Waals surface area contributed by atoms with Crippen molar-refractivity contribution in [2.24, 2.45) is 0 Å². The van der Waals surface area contributed by atoms with Crippen LogP contribution in [0.25, 0.3) is 0 Å². The summed E-state index contributed by atoms with van der Waals surface area (Å²) >= 11 is 6.71. The van der Waals surface area contributed by atoms with Gasteiger partial charge in [-0.25, -0.2) is 0 Å².